The van der Waals surface area contributed by atoms with Crippen molar-refractivity contribution in [2.75, 3.05) is 6.16 Å². The number of hydrogen-bond donors (Lipinski definition) is 1. The van der Waals surface area contributed by atoms with Crippen LogP contribution in [-0.4, -0.2) is 17.5 Å². The van der Waals surface area contributed by atoms with Gasteiger partial charge in [-0.15, -0.1) is 0 Å². The maximum Gasteiger partial charge on any atom is 0.378 e. The van der Waals surface area contributed by atoms with E-state index in [1.54, 1.807) is 0 Å². The Balaban J connectivity index is 3.72. The van der Waals surface area contributed by atoms with Crippen molar-refractivity contribution < 1.29 is 18.8 Å². The normalized spacial score (nSPS) is 16.8. The maximum absolute atomic E-state index is 10.3. The summed E-state index contributed by atoms with van der Waals surface area (Å²) in [6.07, 6.45) is -0.0360. The summed E-state index contributed by atoms with van der Waals surface area (Å²) in [5, 5.41) is 0. The van der Waals surface area contributed by atoms with E-state index in [9.17, 15) is 9.36 Å². The molecule has 1 N–H and O–H groups in total. The first-order chi connectivity index (χ1) is 3.62. The van der Waals surface area contributed by atoms with E-state index in [0.29, 0.717) is 0 Å². The average molecular weight is 138 g/mol. The number of hydrogen-bond acceptors (Lipinski definition) is 3. The summed E-state index contributed by atoms with van der Waals surface area (Å²) >= 11 is 0. The lowest BCUT2D eigenvalue weighted by Crippen LogP contribution is -1.87. The Labute approximate surface area is 47.0 Å². The second kappa shape index (κ2) is 2.84. The minimum absolute atomic E-state index is 0.0235. The van der Waals surface area contributed by atoms with Gasteiger partial charge in [-0.3, -0.25) is 4.79 Å². The van der Waals surface area contributed by atoms with Gasteiger partial charge in [0, 0.05) is 0 Å². The third-order valence-electron chi connectivity index (χ3n) is 0.607. The minimum atomic E-state index is -3.54. The van der Waals surface area contributed by atoms with Crippen LogP contribution in [0.5, 0.6) is 0 Å². The van der Waals surface area contributed by atoms with Crippen molar-refractivity contribution in [3.05, 3.63) is 0 Å². The Bertz CT molecular complexity index is 120. The van der Waals surface area contributed by atoms with Crippen LogP contribution in [-0.2, 0) is 13.9 Å². The van der Waals surface area contributed by atoms with E-state index in [-0.39, 0.29) is 12.6 Å². The van der Waals surface area contributed by atoms with Crippen molar-refractivity contribution in [2.45, 2.75) is 6.92 Å². The van der Waals surface area contributed by atoms with Crippen molar-refractivity contribution in [1.29, 1.82) is 0 Å². The van der Waals surface area contributed by atoms with Crippen molar-refractivity contribution in [3.8, 4) is 0 Å². The molecule has 0 saturated heterocycles. The van der Waals surface area contributed by atoms with Gasteiger partial charge in [0.1, 0.15) is 0 Å². The van der Waals surface area contributed by atoms with Crippen LogP contribution in [0.1, 0.15) is 6.92 Å². The highest BCUT2D eigenvalue weighted by Crippen LogP contribution is 2.39. The minimum Gasteiger partial charge on any atom is -0.394 e. The van der Waals surface area contributed by atoms with Gasteiger partial charge in [0.25, 0.3) is 6.47 Å². The van der Waals surface area contributed by atoms with Crippen LogP contribution in [0, 0.1) is 0 Å². The molecule has 1 atom stereocenters. The fourth-order valence-corrected chi connectivity index (χ4v) is 0.425. The Kier molecular flexibility index (Phi) is 2.72. The van der Waals surface area contributed by atoms with Crippen LogP contribution in [0.25, 0.3) is 0 Å². The highest BCUT2D eigenvalue weighted by atomic mass is 31.2. The van der Waals surface area contributed by atoms with Crippen LogP contribution in [0.3, 0.4) is 0 Å². The van der Waals surface area contributed by atoms with Crippen molar-refractivity contribution in [3.63, 3.8) is 0 Å². The Morgan fingerprint density at radius 1 is 1.88 bits per heavy atom. The highest BCUT2D eigenvalue weighted by molar-refractivity contribution is 7.53. The molecule has 0 amide bonds. The van der Waals surface area contributed by atoms with Crippen LogP contribution < -0.4 is 0 Å². The van der Waals surface area contributed by atoms with Gasteiger partial charge in [0.05, 0.1) is 6.16 Å². The van der Waals surface area contributed by atoms with Crippen LogP contribution in [0.15, 0.2) is 0 Å². The standard InChI is InChI=1S/C3H7O4P/c1-2-8(5,6)7-3-4/h3H,2H2,1H3,(H,5,6). The molecule has 0 aliphatic rings. The number of carbonyl (C=O) groups is 1. The van der Waals surface area contributed by atoms with E-state index in [4.69, 9.17) is 4.89 Å². The number of rotatable bonds is 3. The zero-order valence-corrected chi connectivity index (χ0v) is 5.30. The van der Waals surface area contributed by atoms with E-state index >= 15 is 0 Å². The molecular weight excluding hydrogens is 131 g/mol. The molecule has 0 aromatic rings. The van der Waals surface area contributed by atoms with Gasteiger partial charge in [-0.1, -0.05) is 6.92 Å². The van der Waals surface area contributed by atoms with Gasteiger partial charge in [-0.2, -0.15) is 0 Å². The second-order valence-electron chi connectivity index (χ2n) is 1.16. The molecule has 0 heterocycles. The zero-order valence-electron chi connectivity index (χ0n) is 4.40. The van der Waals surface area contributed by atoms with Crippen molar-refractivity contribution in [1.82, 2.24) is 0 Å². The second-order valence-corrected chi connectivity index (χ2v) is 3.27. The van der Waals surface area contributed by atoms with Gasteiger partial charge >= 0.3 is 7.60 Å². The smallest absolute Gasteiger partial charge is 0.378 e. The molecule has 8 heavy (non-hydrogen) atoms. The van der Waals surface area contributed by atoms with E-state index in [2.05, 4.69) is 4.52 Å². The summed E-state index contributed by atoms with van der Waals surface area (Å²) in [6.45, 7) is 1.44. The van der Waals surface area contributed by atoms with E-state index < -0.39 is 7.60 Å². The van der Waals surface area contributed by atoms with Crippen LogP contribution in [0.2, 0.25) is 0 Å². The molecule has 0 aliphatic heterocycles. The lowest BCUT2D eigenvalue weighted by molar-refractivity contribution is -0.121. The Morgan fingerprint density at radius 2 is 2.38 bits per heavy atom. The van der Waals surface area contributed by atoms with E-state index in [0.717, 1.165) is 0 Å². The molecule has 0 aromatic carbocycles. The van der Waals surface area contributed by atoms with Crippen molar-refractivity contribution in [2.24, 2.45) is 0 Å². The molecule has 0 radical (unpaired) electrons. The molecule has 48 valence electrons. The largest absolute Gasteiger partial charge is 0.394 e. The Morgan fingerprint density at radius 3 is 2.50 bits per heavy atom. The predicted octanol–water partition coefficient (Wildman–Crippen LogP) is 0.365. The molecule has 0 aromatic heterocycles. The molecule has 1 unspecified atom stereocenters. The van der Waals surface area contributed by atoms with Gasteiger partial charge in [-0.25, -0.2) is 4.57 Å². The molecule has 0 spiro atoms. The lowest BCUT2D eigenvalue weighted by Gasteiger charge is -2.01. The highest BCUT2D eigenvalue weighted by Gasteiger charge is 2.14. The summed E-state index contributed by atoms with van der Waals surface area (Å²) in [5.41, 5.74) is 0. The zero-order chi connectivity index (χ0) is 6.62. The molecule has 0 aliphatic carbocycles. The Hall–Kier alpha value is -0.340. The summed E-state index contributed by atoms with van der Waals surface area (Å²) in [4.78, 5) is 17.9. The topological polar surface area (TPSA) is 63.6 Å². The monoisotopic (exact) mass is 138 g/mol. The van der Waals surface area contributed by atoms with Crippen LogP contribution >= 0.6 is 7.60 Å². The summed E-state index contributed by atoms with van der Waals surface area (Å²) in [6, 6.07) is 0. The first-order valence-electron chi connectivity index (χ1n) is 2.06. The molecule has 0 saturated carbocycles. The fraction of sp³-hybridized carbons (Fsp3) is 0.667. The molecule has 0 fully saturated rings. The van der Waals surface area contributed by atoms with Gasteiger partial charge < -0.3 is 9.42 Å². The molecule has 4 nitrogen and oxygen atoms in total. The maximum atomic E-state index is 10.3. The first-order valence-corrected chi connectivity index (χ1v) is 3.82. The lowest BCUT2D eigenvalue weighted by atomic mass is 11.0. The average Bonchev–Trinajstić information content (AvgIpc) is 1.67. The first kappa shape index (κ1) is 7.66. The predicted molar refractivity (Wildman–Crippen MR) is 27.5 cm³/mol. The molecule has 0 bridgehead atoms. The SMILES string of the molecule is CCP(=O)(O)OC=O. The summed E-state index contributed by atoms with van der Waals surface area (Å²) in [5.74, 6) is 0. The van der Waals surface area contributed by atoms with E-state index in [1.165, 1.54) is 6.92 Å². The van der Waals surface area contributed by atoms with Gasteiger partial charge in [0.15, 0.2) is 0 Å². The summed E-state index contributed by atoms with van der Waals surface area (Å²) in [7, 11) is -3.54. The van der Waals surface area contributed by atoms with Crippen LogP contribution in [0.4, 0.5) is 0 Å². The quantitative estimate of drug-likeness (QED) is 0.451. The molecule has 5 heteroatoms. The summed E-state index contributed by atoms with van der Waals surface area (Å²) < 4.78 is 14.1. The number of carbonyl (C=O) groups excluding carboxylic acids is 1. The van der Waals surface area contributed by atoms with Crippen molar-refractivity contribution >= 4 is 14.1 Å². The third kappa shape index (κ3) is 2.77. The van der Waals surface area contributed by atoms with Gasteiger partial charge in [-0.05, 0) is 0 Å². The van der Waals surface area contributed by atoms with E-state index in [1.807, 2.05) is 0 Å². The molecular formula is C3H7O4P. The third-order valence-corrected chi connectivity index (χ3v) is 1.82. The molecule has 0 rings (SSSR count). The van der Waals surface area contributed by atoms with Gasteiger partial charge in [0.2, 0.25) is 0 Å². The fourth-order valence-electron chi connectivity index (χ4n) is 0.142.